The van der Waals surface area contributed by atoms with Crippen molar-refractivity contribution in [2.45, 2.75) is 38.4 Å². The second-order valence-corrected chi connectivity index (χ2v) is 8.31. The van der Waals surface area contributed by atoms with Gasteiger partial charge in [0.2, 0.25) is 0 Å². The molecule has 6 heteroatoms. The van der Waals surface area contributed by atoms with Crippen LogP contribution in [0.25, 0.3) is 0 Å². The quantitative estimate of drug-likeness (QED) is 0.441. The molecule has 2 aromatic rings. The normalized spacial score (nSPS) is 13.2. The highest BCUT2D eigenvalue weighted by atomic mass is 35.5. The van der Waals surface area contributed by atoms with Crippen molar-refractivity contribution >= 4 is 11.6 Å². The summed E-state index contributed by atoms with van der Waals surface area (Å²) in [5.74, 6) is 7.73. The number of halogens is 1. The van der Waals surface area contributed by atoms with Gasteiger partial charge in [-0.2, -0.15) is 0 Å². The third kappa shape index (κ3) is 7.55. The number of hydrogen-bond donors (Lipinski definition) is 3. The number of ether oxygens (including phenoxy) is 2. The lowest BCUT2D eigenvalue weighted by Crippen LogP contribution is -2.21. The Hall–Kier alpha value is -2.23. The summed E-state index contributed by atoms with van der Waals surface area (Å²) in [6.45, 7) is 6.12. The van der Waals surface area contributed by atoms with Crippen LogP contribution in [0.1, 0.15) is 37.5 Å². The third-order valence-corrected chi connectivity index (χ3v) is 4.61. The maximum absolute atomic E-state index is 9.66. The van der Waals surface area contributed by atoms with Gasteiger partial charge in [-0.3, -0.25) is 0 Å². The van der Waals surface area contributed by atoms with Crippen molar-refractivity contribution in [3.05, 3.63) is 59.2 Å². The van der Waals surface area contributed by atoms with Crippen molar-refractivity contribution in [2.75, 3.05) is 25.7 Å². The lowest BCUT2D eigenvalue weighted by atomic mass is 9.85. The van der Waals surface area contributed by atoms with Crippen LogP contribution in [-0.4, -0.2) is 53.2 Å². The van der Waals surface area contributed by atoms with Gasteiger partial charge in [0.05, 0.1) is 12.5 Å². The predicted octanol–water partition coefficient (Wildman–Crippen LogP) is 3.09. The van der Waals surface area contributed by atoms with Gasteiger partial charge in [0, 0.05) is 16.7 Å². The van der Waals surface area contributed by atoms with Crippen molar-refractivity contribution in [3.8, 4) is 23.3 Å². The smallest absolute Gasteiger partial charge is 0.123 e. The molecule has 162 valence electrons. The van der Waals surface area contributed by atoms with Crippen LogP contribution in [0.3, 0.4) is 0 Å². The van der Waals surface area contributed by atoms with Gasteiger partial charge < -0.3 is 24.8 Å². The van der Waals surface area contributed by atoms with Crippen LogP contribution >= 0.6 is 11.6 Å². The van der Waals surface area contributed by atoms with Gasteiger partial charge in [0.25, 0.3) is 0 Å². The van der Waals surface area contributed by atoms with Gasteiger partial charge in [-0.25, -0.2) is 0 Å². The fraction of sp³-hybridized carbons (Fsp3) is 0.417. The minimum atomic E-state index is -0.897. The number of rotatable bonds is 8. The summed E-state index contributed by atoms with van der Waals surface area (Å²) in [6.07, 6.45) is -1.61. The summed E-state index contributed by atoms with van der Waals surface area (Å²) in [5, 5.41) is 27.8. The molecule has 2 rings (SSSR count). The first kappa shape index (κ1) is 24.0. The zero-order valence-corrected chi connectivity index (χ0v) is 18.3. The molecular formula is C24H29ClO5. The van der Waals surface area contributed by atoms with Crippen molar-refractivity contribution < 1.29 is 24.8 Å². The van der Waals surface area contributed by atoms with E-state index in [1.165, 1.54) is 0 Å². The number of aliphatic hydroxyl groups excluding tert-OH is 3. The molecule has 5 nitrogen and oxygen atoms in total. The first-order valence-electron chi connectivity index (χ1n) is 9.78. The zero-order chi connectivity index (χ0) is 22.1. The van der Waals surface area contributed by atoms with Gasteiger partial charge in [0.15, 0.2) is 0 Å². The topological polar surface area (TPSA) is 79.2 Å². The summed E-state index contributed by atoms with van der Waals surface area (Å²) in [6, 6.07) is 13.0. The lowest BCUT2D eigenvalue weighted by Gasteiger charge is -2.23. The average Bonchev–Trinajstić information content (AvgIpc) is 2.74. The van der Waals surface area contributed by atoms with Crippen molar-refractivity contribution in [3.63, 3.8) is 0 Å². The van der Waals surface area contributed by atoms with E-state index in [4.69, 9.17) is 26.2 Å². The Bertz CT molecular complexity index is 862. The van der Waals surface area contributed by atoms with Gasteiger partial charge in [0.1, 0.15) is 36.9 Å². The summed E-state index contributed by atoms with van der Waals surface area (Å²) < 4.78 is 11.2. The van der Waals surface area contributed by atoms with Crippen molar-refractivity contribution in [1.29, 1.82) is 0 Å². The van der Waals surface area contributed by atoms with Crippen LogP contribution < -0.4 is 9.47 Å². The first-order chi connectivity index (χ1) is 14.2. The molecule has 0 bridgehead atoms. The lowest BCUT2D eigenvalue weighted by molar-refractivity contribution is 0.0536. The molecule has 30 heavy (non-hydrogen) atoms. The van der Waals surface area contributed by atoms with E-state index in [-0.39, 0.29) is 31.1 Å². The molecule has 0 aromatic heterocycles. The standard InChI is InChI=1S/C24H29ClO5/c1-24(2,3)22-12-18(8-11-23(22)30-15-19(27)13-25)5-4-17-6-9-21(10-7-17)29-16-20(28)14-26/h6-12,19-20,26-28H,13-16H2,1-3H3/t19-,20-/m1/s1. The largest absolute Gasteiger partial charge is 0.491 e. The molecule has 0 spiro atoms. The Morgan fingerprint density at radius 2 is 1.50 bits per heavy atom. The highest BCUT2D eigenvalue weighted by molar-refractivity contribution is 6.18. The van der Waals surface area contributed by atoms with Gasteiger partial charge >= 0.3 is 0 Å². The third-order valence-electron chi connectivity index (χ3n) is 4.26. The van der Waals surface area contributed by atoms with Gasteiger partial charge in [-0.15, -0.1) is 11.6 Å². The summed E-state index contributed by atoms with van der Waals surface area (Å²) in [5.41, 5.74) is 2.53. The minimum Gasteiger partial charge on any atom is -0.491 e. The highest BCUT2D eigenvalue weighted by Gasteiger charge is 2.20. The zero-order valence-electron chi connectivity index (χ0n) is 17.6. The highest BCUT2D eigenvalue weighted by Crippen LogP contribution is 2.32. The van der Waals surface area contributed by atoms with Crippen LogP contribution in [0, 0.1) is 11.8 Å². The van der Waals surface area contributed by atoms with E-state index in [0.717, 1.165) is 16.7 Å². The van der Waals surface area contributed by atoms with Crippen LogP contribution in [-0.2, 0) is 5.41 Å². The summed E-state index contributed by atoms with van der Waals surface area (Å²) in [7, 11) is 0. The molecule has 2 aromatic carbocycles. The number of benzene rings is 2. The maximum atomic E-state index is 9.66. The Kier molecular flexibility index (Phi) is 9.01. The fourth-order valence-corrected chi connectivity index (χ4v) is 2.66. The Morgan fingerprint density at radius 1 is 0.900 bits per heavy atom. The second-order valence-electron chi connectivity index (χ2n) is 8.00. The molecule has 0 radical (unpaired) electrons. The van der Waals surface area contributed by atoms with E-state index in [1.807, 2.05) is 30.3 Å². The molecule has 0 saturated heterocycles. The molecule has 3 N–H and O–H groups in total. The number of aliphatic hydroxyl groups is 3. The molecule has 0 amide bonds. The maximum Gasteiger partial charge on any atom is 0.123 e. The van der Waals surface area contributed by atoms with Gasteiger partial charge in [-0.05, 0) is 47.9 Å². The molecule has 0 aliphatic rings. The van der Waals surface area contributed by atoms with E-state index in [1.54, 1.807) is 12.1 Å². The summed E-state index contributed by atoms with van der Waals surface area (Å²) in [4.78, 5) is 0. The average molecular weight is 433 g/mol. The van der Waals surface area contributed by atoms with Crippen molar-refractivity contribution in [1.82, 2.24) is 0 Å². The Morgan fingerprint density at radius 3 is 2.10 bits per heavy atom. The van der Waals surface area contributed by atoms with E-state index in [0.29, 0.717) is 11.5 Å². The molecule has 0 aliphatic heterocycles. The van der Waals surface area contributed by atoms with Crippen LogP contribution in [0.5, 0.6) is 11.5 Å². The number of alkyl halides is 1. The monoisotopic (exact) mass is 432 g/mol. The molecule has 0 fully saturated rings. The molecule has 0 saturated carbocycles. The van der Waals surface area contributed by atoms with E-state index >= 15 is 0 Å². The van der Waals surface area contributed by atoms with E-state index in [2.05, 4.69) is 32.6 Å². The van der Waals surface area contributed by atoms with E-state index in [9.17, 15) is 10.2 Å². The summed E-state index contributed by atoms with van der Waals surface area (Å²) >= 11 is 5.64. The van der Waals surface area contributed by atoms with E-state index < -0.39 is 12.2 Å². The fourth-order valence-electron chi connectivity index (χ4n) is 2.57. The number of hydrogen-bond acceptors (Lipinski definition) is 5. The molecular weight excluding hydrogens is 404 g/mol. The predicted molar refractivity (Wildman–Crippen MR) is 118 cm³/mol. The second kappa shape index (κ2) is 11.2. The SMILES string of the molecule is CC(C)(C)c1cc(C#Cc2ccc(OC[C@H](O)CO)cc2)ccc1OC[C@H](O)CCl. The molecule has 2 atom stereocenters. The minimum absolute atomic E-state index is 0.0352. The van der Waals surface area contributed by atoms with Crippen LogP contribution in [0.15, 0.2) is 42.5 Å². The van der Waals surface area contributed by atoms with Gasteiger partial charge in [-0.1, -0.05) is 32.6 Å². The first-order valence-corrected chi connectivity index (χ1v) is 10.3. The molecule has 0 heterocycles. The van der Waals surface area contributed by atoms with Crippen molar-refractivity contribution in [2.24, 2.45) is 0 Å². The van der Waals surface area contributed by atoms with Crippen LogP contribution in [0.2, 0.25) is 0 Å². The van der Waals surface area contributed by atoms with Crippen LogP contribution in [0.4, 0.5) is 0 Å². The molecule has 0 unspecified atom stereocenters. The molecule has 0 aliphatic carbocycles. The Labute approximate surface area is 183 Å². The Balaban J connectivity index is 2.14.